The molecule has 0 aliphatic carbocycles. The van der Waals surface area contributed by atoms with Gasteiger partial charge in [0.05, 0.1) is 5.69 Å². The Kier molecular flexibility index (Phi) is 9.12. The number of amides is 1. The first-order chi connectivity index (χ1) is 19.5. The standard InChI is InChI=1S/C31H36F2N6O2/c1-6-38(7-2)18-10-17-34-30-35-26(20-11-8-12-21(19-20)29(41)37-31(3,4)5)22-15-16-25(40)39(28(22)36-30)27-23(32)13-9-14-24(27)33/h8-9,11-16,19H,6-7,10,17-18H2,1-5H3,(H,37,41)(H,34,35,36). The van der Waals surface area contributed by atoms with E-state index in [1.54, 1.807) is 24.3 Å². The van der Waals surface area contributed by atoms with Crippen molar-refractivity contribution in [1.82, 2.24) is 24.8 Å². The maximum atomic E-state index is 14.9. The SMILES string of the molecule is CCN(CC)CCCNc1nc(-c2cccc(C(=O)NC(C)(C)C)c2)c2ccc(=O)n(-c3c(F)cccc3F)c2n1. The Balaban J connectivity index is 1.87. The number of hydrogen-bond acceptors (Lipinski definition) is 6. The van der Waals surface area contributed by atoms with Crippen molar-refractivity contribution in [3.05, 3.63) is 82.1 Å². The second kappa shape index (κ2) is 12.6. The first kappa shape index (κ1) is 29.8. The van der Waals surface area contributed by atoms with Crippen molar-refractivity contribution in [2.45, 2.75) is 46.6 Å². The molecule has 2 aromatic heterocycles. The zero-order valence-corrected chi connectivity index (χ0v) is 24.1. The number of anilines is 1. The molecule has 0 fully saturated rings. The summed E-state index contributed by atoms with van der Waals surface area (Å²) in [6.45, 7) is 13.2. The number of nitrogens with one attached hydrogen (secondary N) is 2. The van der Waals surface area contributed by atoms with E-state index in [1.807, 2.05) is 20.8 Å². The molecule has 4 rings (SSSR count). The van der Waals surface area contributed by atoms with Crippen molar-refractivity contribution in [1.29, 1.82) is 0 Å². The molecular weight excluding hydrogens is 526 g/mol. The molecule has 0 aliphatic rings. The lowest BCUT2D eigenvalue weighted by Crippen LogP contribution is -2.40. The molecule has 4 aromatic rings. The average molecular weight is 563 g/mol. The van der Waals surface area contributed by atoms with Gasteiger partial charge in [0.1, 0.15) is 17.3 Å². The first-order valence-corrected chi connectivity index (χ1v) is 13.8. The number of para-hydroxylation sites is 1. The van der Waals surface area contributed by atoms with E-state index in [0.29, 0.717) is 28.8 Å². The molecule has 10 heteroatoms. The largest absolute Gasteiger partial charge is 0.354 e. The van der Waals surface area contributed by atoms with E-state index in [0.717, 1.165) is 42.8 Å². The molecule has 1 amide bonds. The van der Waals surface area contributed by atoms with Crippen LogP contribution in [-0.2, 0) is 0 Å². The van der Waals surface area contributed by atoms with Gasteiger partial charge in [0.25, 0.3) is 11.5 Å². The third kappa shape index (κ3) is 6.94. The summed E-state index contributed by atoms with van der Waals surface area (Å²) in [6, 6.07) is 13.1. The van der Waals surface area contributed by atoms with Gasteiger partial charge in [-0.05, 0) is 77.2 Å². The van der Waals surface area contributed by atoms with E-state index in [9.17, 15) is 18.4 Å². The molecule has 0 unspecified atom stereocenters. The van der Waals surface area contributed by atoms with E-state index in [4.69, 9.17) is 4.98 Å². The molecule has 41 heavy (non-hydrogen) atoms. The van der Waals surface area contributed by atoms with Crippen molar-refractivity contribution in [2.75, 3.05) is 31.5 Å². The number of fused-ring (bicyclic) bond motifs is 1. The number of rotatable bonds is 10. The van der Waals surface area contributed by atoms with Gasteiger partial charge in [-0.25, -0.2) is 13.8 Å². The predicted octanol–water partition coefficient (Wildman–Crippen LogP) is 5.40. The van der Waals surface area contributed by atoms with Crippen LogP contribution in [0.5, 0.6) is 0 Å². The normalized spacial score (nSPS) is 11.7. The van der Waals surface area contributed by atoms with E-state index in [1.165, 1.54) is 18.2 Å². The van der Waals surface area contributed by atoms with Crippen LogP contribution in [0.2, 0.25) is 0 Å². The van der Waals surface area contributed by atoms with Gasteiger partial charge >= 0.3 is 0 Å². The van der Waals surface area contributed by atoms with Crippen molar-refractivity contribution < 1.29 is 13.6 Å². The summed E-state index contributed by atoms with van der Waals surface area (Å²) in [5, 5.41) is 6.56. The van der Waals surface area contributed by atoms with Gasteiger partial charge in [-0.2, -0.15) is 4.98 Å². The summed E-state index contributed by atoms with van der Waals surface area (Å²) in [5.41, 5.74) is -0.123. The second-order valence-electron chi connectivity index (χ2n) is 10.8. The van der Waals surface area contributed by atoms with E-state index in [-0.39, 0.29) is 17.5 Å². The topological polar surface area (TPSA) is 92.2 Å². The molecule has 0 saturated carbocycles. The van der Waals surface area contributed by atoms with E-state index >= 15 is 0 Å². The number of carbonyl (C=O) groups excluding carboxylic acids is 1. The first-order valence-electron chi connectivity index (χ1n) is 13.8. The lowest BCUT2D eigenvalue weighted by molar-refractivity contribution is 0.0919. The number of halogens is 2. The molecule has 0 aliphatic heterocycles. The van der Waals surface area contributed by atoms with Crippen LogP contribution in [0.1, 0.15) is 51.4 Å². The van der Waals surface area contributed by atoms with E-state index < -0.39 is 28.4 Å². The Morgan fingerprint density at radius 3 is 2.32 bits per heavy atom. The van der Waals surface area contributed by atoms with Crippen LogP contribution >= 0.6 is 0 Å². The molecule has 0 radical (unpaired) electrons. The lowest BCUT2D eigenvalue weighted by Gasteiger charge is -2.21. The Hall–Kier alpha value is -4.18. The maximum absolute atomic E-state index is 14.9. The van der Waals surface area contributed by atoms with Gasteiger partial charge in [-0.3, -0.25) is 14.2 Å². The van der Waals surface area contributed by atoms with Gasteiger partial charge in [-0.1, -0.05) is 32.0 Å². The van der Waals surface area contributed by atoms with Crippen LogP contribution in [0, 0.1) is 11.6 Å². The lowest BCUT2D eigenvalue weighted by atomic mass is 10.0. The van der Waals surface area contributed by atoms with Gasteiger partial charge < -0.3 is 15.5 Å². The van der Waals surface area contributed by atoms with Gasteiger partial charge in [0, 0.05) is 34.7 Å². The highest BCUT2D eigenvalue weighted by Crippen LogP contribution is 2.29. The van der Waals surface area contributed by atoms with Crippen molar-refractivity contribution in [3.63, 3.8) is 0 Å². The molecule has 0 atom stereocenters. The highest BCUT2D eigenvalue weighted by Gasteiger charge is 2.21. The molecule has 2 aromatic carbocycles. The molecule has 2 N–H and O–H groups in total. The van der Waals surface area contributed by atoms with E-state index in [2.05, 4.69) is 34.4 Å². The number of benzene rings is 2. The van der Waals surface area contributed by atoms with Crippen LogP contribution < -0.4 is 16.2 Å². The van der Waals surface area contributed by atoms with Crippen LogP contribution in [0.3, 0.4) is 0 Å². The van der Waals surface area contributed by atoms with Gasteiger partial charge in [0.15, 0.2) is 5.65 Å². The number of hydrogen-bond donors (Lipinski definition) is 2. The minimum Gasteiger partial charge on any atom is -0.354 e. The molecule has 0 bridgehead atoms. The smallest absolute Gasteiger partial charge is 0.256 e. The Morgan fingerprint density at radius 2 is 1.66 bits per heavy atom. The molecule has 0 spiro atoms. The summed E-state index contributed by atoms with van der Waals surface area (Å²) in [7, 11) is 0. The van der Waals surface area contributed by atoms with Crippen LogP contribution in [0.25, 0.3) is 28.0 Å². The zero-order chi connectivity index (χ0) is 29.7. The summed E-state index contributed by atoms with van der Waals surface area (Å²) >= 11 is 0. The fraction of sp³-hybridized carbons (Fsp3) is 0.355. The molecule has 2 heterocycles. The summed E-state index contributed by atoms with van der Waals surface area (Å²) in [4.78, 5) is 37.6. The number of aromatic nitrogens is 3. The predicted molar refractivity (Wildman–Crippen MR) is 159 cm³/mol. The highest BCUT2D eigenvalue weighted by atomic mass is 19.1. The zero-order valence-electron chi connectivity index (χ0n) is 24.1. The molecule has 8 nitrogen and oxygen atoms in total. The average Bonchev–Trinajstić information content (AvgIpc) is 2.93. The Bertz CT molecular complexity index is 1590. The summed E-state index contributed by atoms with van der Waals surface area (Å²) in [5.74, 6) is -1.84. The Morgan fingerprint density at radius 1 is 0.976 bits per heavy atom. The number of nitrogens with zero attached hydrogens (tertiary/aromatic N) is 4. The minimum atomic E-state index is -0.894. The quantitative estimate of drug-likeness (QED) is 0.252. The van der Waals surface area contributed by atoms with Gasteiger partial charge in [-0.15, -0.1) is 0 Å². The van der Waals surface area contributed by atoms with Crippen LogP contribution in [0.4, 0.5) is 14.7 Å². The van der Waals surface area contributed by atoms with Gasteiger partial charge in [0.2, 0.25) is 5.95 Å². The van der Waals surface area contributed by atoms with Crippen molar-refractivity contribution in [2.24, 2.45) is 0 Å². The highest BCUT2D eigenvalue weighted by molar-refractivity contribution is 5.98. The van der Waals surface area contributed by atoms with Crippen molar-refractivity contribution >= 4 is 22.9 Å². The monoisotopic (exact) mass is 562 g/mol. The fourth-order valence-electron chi connectivity index (χ4n) is 4.60. The van der Waals surface area contributed by atoms with Crippen molar-refractivity contribution in [3.8, 4) is 16.9 Å². The summed E-state index contributed by atoms with van der Waals surface area (Å²) in [6.07, 6.45) is 0.810. The second-order valence-corrected chi connectivity index (χ2v) is 10.8. The minimum absolute atomic E-state index is 0.0438. The molecule has 216 valence electrons. The third-order valence-electron chi connectivity index (χ3n) is 6.63. The number of carbonyl (C=O) groups is 1. The summed E-state index contributed by atoms with van der Waals surface area (Å²) < 4.78 is 30.8. The number of pyridine rings is 1. The molecular formula is C31H36F2N6O2. The van der Waals surface area contributed by atoms with Crippen LogP contribution in [-0.4, -0.2) is 57.1 Å². The fourth-order valence-corrected chi connectivity index (χ4v) is 4.60. The van der Waals surface area contributed by atoms with Crippen LogP contribution in [0.15, 0.2) is 59.4 Å². The third-order valence-corrected chi connectivity index (χ3v) is 6.63. The maximum Gasteiger partial charge on any atom is 0.256 e. The Labute approximate surface area is 238 Å². The molecule has 0 saturated heterocycles.